The number of hydrogen-bond donors (Lipinski definition) is 1. The number of sulfone groups is 1. The van der Waals surface area contributed by atoms with Crippen molar-refractivity contribution in [3.05, 3.63) is 35.6 Å². The van der Waals surface area contributed by atoms with E-state index in [4.69, 9.17) is 0 Å². The summed E-state index contributed by atoms with van der Waals surface area (Å²) in [6.07, 6.45) is 0.958. The zero-order valence-corrected chi connectivity index (χ0v) is 15.4. The summed E-state index contributed by atoms with van der Waals surface area (Å²) in [5.74, 6) is -0.0945. The fourth-order valence-corrected chi connectivity index (χ4v) is 5.55. The van der Waals surface area contributed by atoms with Gasteiger partial charge in [-0.3, -0.25) is 9.59 Å². The third kappa shape index (κ3) is 4.67. The number of quaternary nitrogens is 1. The van der Waals surface area contributed by atoms with Gasteiger partial charge < -0.3 is 9.80 Å². The fraction of sp³-hybridized carbons (Fsp3) is 0.556. The topological polar surface area (TPSA) is 76.0 Å². The van der Waals surface area contributed by atoms with Gasteiger partial charge in [0.05, 0.1) is 31.9 Å². The van der Waals surface area contributed by atoms with Crippen molar-refractivity contribution in [1.29, 1.82) is 0 Å². The minimum absolute atomic E-state index is 0.0569. The Bertz CT molecular complexity index is 771. The van der Waals surface area contributed by atoms with Crippen LogP contribution in [0.1, 0.15) is 29.6 Å². The lowest BCUT2D eigenvalue weighted by atomic mass is 10.1. The van der Waals surface area contributed by atoms with E-state index in [1.807, 2.05) is 0 Å². The van der Waals surface area contributed by atoms with E-state index >= 15 is 0 Å². The molecule has 0 aromatic heterocycles. The molecule has 26 heavy (non-hydrogen) atoms. The van der Waals surface area contributed by atoms with Gasteiger partial charge in [-0.05, 0) is 24.3 Å². The number of halogens is 1. The second-order valence-corrected chi connectivity index (χ2v) is 9.30. The van der Waals surface area contributed by atoms with Crippen molar-refractivity contribution in [3.8, 4) is 0 Å². The van der Waals surface area contributed by atoms with Crippen LogP contribution in [0.15, 0.2) is 24.3 Å². The Morgan fingerprint density at radius 2 is 1.77 bits per heavy atom. The summed E-state index contributed by atoms with van der Waals surface area (Å²) in [4.78, 5) is 27.4. The van der Waals surface area contributed by atoms with Gasteiger partial charge in [-0.25, -0.2) is 12.8 Å². The summed E-state index contributed by atoms with van der Waals surface area (Å²) in [6, 6.07) is 5.48. The number of nitrogens with zero attached hydrogens (tertiary/aromatic N) is 1. The highest BCUT2D eigenvalue weighted by Gasteiger charge is 2.37. The molecule has 1 amide bonds. The van der Waals surface area contributed by atoms with Gasteiger partial charge in [0, 0.05) is 24.8 Å². The van der Waals surface area contributed by atoms with E-state index in [-0.39, 0.29) is 42.1 Å². The molecule has 2 aliphatic rings. The van der Waals surface area contributed by atoms with E-state index < -0.39 is 15.7 Å². The second kappa shape index (κ2) is 7.84. The van der Waals surface area contributed by atoms with Gasteiger partial charge in [-0.15, -0.1) is 0 Å². The van der Waals surface area contributed by atoms with Gasteiger partial charge in [0.25, 0.3) is 0 Å². The number of amides is 1. The Hall–Kier alpha value is -1.80. The van der Waals surface area contributed by atoms with Gasteiger partial charge >= 0.3 is 0 Å². The first-order chi connectivity index (χ1) is 12.3. The molecule has 2 heterocycles. The van der Waals surface area contributed by atoms with E-state index in [2.05, 4.69) is 0 Å². The fourth-order valence-electron chi connectivity index (χ4n) is 3.73. The number of ketones is 1. The number of nitrogens with one attached hydrogen (secondary N) is 1. The van der Waals surface area contributed by atoms with E-state index in [9.17, 15) is 22.4 Å². The maximum absolute atomic E-state index is 12.9. The minimum atomic E-state index is -2.88. The van der Waals surface area contributed by atoms with Crippen LogP contribution in [-0.2, 0) is 14.6 Å². The van der Waals surface area contributed by atoms with Crippen LogP contribution >= 0.6 is 0 Å². The molecule has 1 N–H and O–H groups in total. The molecule has 0 unspecified atom stereocenters. The van der Waals surface area contributed by atoms with Gasteiger partial charge in [0.1, 0.15) is 17.6 Å². The molecule has 0 spiro atoms. The van der Waals surface area contributed by atoms with Crippen LogP contribution in [-0.4, -0.2) is 68.7 Å². The predicted molar refractivity (Wildman–Crippen MR) is 94.3 cm³/mol. The van der Waals surface area contributed by atoms with Crippen LogP contribution in [0.3, 0.4) is 0 Å². The molecule has 3 rings (SSSR count). The van der Waals surface area contributed by atoms with Gasteiger partial charge in [0.15, 0.2) is 15.6 Å². The number of rotatable bonds is 5. The largest absolute Gasteiger partial charge is 0.331 e. The maximum atomic E-state index is 12.9. The molecule has 0 bridgehead atoms. The standard InChI is InChI=1S/C18H23FN2O4S/c19-15-3-1-14(2-4-15)17(22)5-6-18(23)21-10-8-20(9-11-21)16-7-12-26(24,25)13-16/h1-4,16H,5-13H2/p+1/t16-/m1/s1. The summed E-state index contributed by atoms with van der Waals surface area (Å²) in [7, 11) is -2.88. The Labute approximate surface area is 152 Å². The Morgan fingerprint density at radius 1 is 1.12 bits per heavy atom. The monoisotopic (exact) mass is 383 g/mol. The third-order valence-electron chi connectivity index (χ3n) is 5.30. The lowest BCUT2D eigenvalue weighted by Crippen LogP contribution is -3.18. The summed E-state index contributed by atoms with van der Waals surface area (Å²) < 4.78 is 36.1. The lowest BCUT2D eigenvalue weighted by Gasteiger charge is -2.35. The summed E-state index contributed by atoms with van der Waals surface area (Å²) in [6.45, 7) is 2.68. The molecule has 0 saturated carbocycles. The number of hydrogen-bond acceptors (Lipinski definition) is 4. The van der Waals surface area contributed by atoms with Crippen LogP contribution in [0, 0.1) is 5.82 Å². The van der Waals surface area contributed by atoms with Crippen LogP contribution in [0.2, 0.25) is 0 Å². The van der Waals surface area contributed by atoms with Crippen LogP contribution in [0.4, 0.5) is 4.39 Å². The average Bonchev–Trinajstić information content (AvgIpc) is 3.00. The van der Waals surface area contributed by atoms with Gasteiger partial charge in [-0.2, -0.15) is 0 Å². The zero-order chi connectivity index (χ0) is 18.7. The molecule has 0 aliphatic carbocycles. The number of Topliss-reactive ketones (excluding diaryl/α,β-unsaturated/α-hetero) is 1. The summed E-state index contributed by atoms with van der Waals surface area (Å²) >= 11 is 0. The smallest absolute Gasteiger partial charge is 0.223 e. The second-order valence-electron chi connectivity index (χ2n) is 7.07. The van der Waals surface area contributed by atoms with Crippen molar-refractivity contribution in [1.82, 2.24) is 4.90 Å². The number of piperazine rings is 1. The highest BCUT2D eigenvalue weighted by atomic mass is 32.2. The molecule has 1 aromatic rings. The Kier molecular flexibility index (Phi) is 5.72. The number of benzene rings is 1. The first-order valence-electron chi connectivity index (χ1n) is 8.95. The highest BCUT2D eigenvalue weighted by molar-refractivity contribution is 7.91. The first-order valence-corrected chi connectivity index (χ1v) is 10.8. The summed E-state index contributed by atoms with van der Waals surface area (Å²) in [5.41, 5.74) is 0.413. The molecule has 1 aromatic carbocycles. The minimum Gasteiger partial charge on any atom is -0.331 e. The highest BCUT2D eigenvalue weighted by Crippen LogP contribution is 2.11. The summed E-state index contributed by atoms with van der Waals surface area (Å²) in [5, 5.41) is 0. The van der Waals surface area contributed by atoms with Crippen LogP contribution in [0.25, 0.3) is 0 Å². The molecular formula is C18H24FN2O4S+. The van der Waals surface area contributed by atoms with E-state index in [0.717, 1.165) is 13.1 Å². The van der Waals surface area contributed by atoms with Crippen LogP contribution < -0.4 is 4.90 Å². The Morgan fingerprint density at radius 3 is 2.35 bits per heavy atom. The maximum Gasteiger partial charge on any atom is 0.223 e. The van der Waals surface area contributed by atoms with Crippen molar-refractivity contribution < 1.29 is 27.3 Å². The average molecular weight is 383 g/mol. The molecular weight excluding hydrogens is 359 g/mol. The first kappa shape index (κ1) is 19.0. The van der Waals surface area contributed by atoms with Crippen molar-refractivity contribution in [2.75, 3.05) is 37.7 Å². The quantitative estimate of drug-likeness (QED) is 0.709. The SMILES string of the molecule is O=C(CCC(=O)N1CC[NH+]([C@@H]2CCS(=O)(=O)C2)CC1)c1ccc(F)cc1. The van der Waals surface area contributed by atoms with E-state index in [0.29, 0.717) is 25.1 Å². The number of carbonyl (C=O) groups is 2. The molecule has 142 valence electrons. The molecule has 2 saturated heterocycles. The Balaban J connectivity index is 1.44. The normalized spacial score (nSPS) is 23.1. The van der Waals surface area contributed by atoms with Crippen LogP contribution in [0.5, 0.6) is 0 Å². The molecule has 8 heteroatoms. The van der Waals surface area contributed by atoms with Crippen molar-refractivity contribution in [3.63, 3.8) is 0 Å². The van der Waals surface area contributed by atoms with Gasteiger partial charge in [-0.1, -0.05) is 0 Å². The molecule has 2 fully saturated rings. The van der Waals surface area contributed by atoms with Crippen molar-refractivity contribution in [2.45, 2.75) is 25.3 Å². The van der Waals surface area contributed by atoms with E-state index in [1.165, 1.54) is 29.2 Å². The molecule has 6 nitrogen and oxygen atoms in total. The molecule has 1 atom stereocenters. The molecule has 0 radical (unpaired) electrons. The van der Waals surface area contributed by atoms with Crippen molar-refractivity contribution in [2.24, 2.45) is 0 Å². The number of carbonyl (C=O) groups excluding carboxylic acids is 2. The van der Waals surface area contributed by atoms with Gasteiger partial charge in [0.2, 0.25) is 5.91 Å². The zero-order valence-electron chi connectivity index (χ0n) is 14.6. The predicted octanol–water partition coefficient (Wildman–Crippen LogP) is -0.297. The molecule has 2 aliphatic heterocycles. The van der Waals surface area contributed by atoms with Crippen molar-refractivity contribution >= 4 is 21.5 Å². The lowest BCUT2D eigenvalue weighted by molar-refractivity contribution is -0.925. The third-order valence-corrected chi connectivity index (χ3v) is 7.07. The van der Waals surface area contributed by atoms with E-state index in [1.54, 1.807) is 4.90 Å².